The highest BCUT2D eigenvalue weighted by Gasteiger charge is 2.38. The van der Waals surface area contributed by atoms with E-state index in [1.165, 1.54) is 57.1 Å². The van der Waals surface area contributed by atoms with E-state index in [0.29, 0.717) is 5.25 Å². The Morgan fingerprint density at radius 1 is 1.18 bits per heavy atom. The summed E-state index contributed by atoms with van der Waals surface area (Å²) in [5.74, 6) is 1.31. The van der Waals surface area contributed by atoms with E-state index in [1.54, 1.807) is 0 Å². The van der Waals surface area contributed by atoms with Gasteiger partial charge in [0.25, 0.3) is 0 Å². The van der Waals surface area contributed by atoms with Crippen molar-refractivity contribution in [2.24, 2.45) is 5.73 Å². The van der Waals surface area contributed by atoms with E-state index in [9.17, 15) is 0 Å². The van der Waals surface area contributed by atoms with Crippen LogP contribution in [0.2, 0.25) is 0 Å². The van der Waals surface area contributed by atoms with Gasteiger partial charge in [0.1, 0.15) is 0 Å². The summed E-state index contributed by atoms with van der Waals surface area (Å²) in [5, 5.41) is 4.64. The predicted molar refractivity (Wildman–Crippen MR) is 77.6 cm³/mol. The predicted octanol–water partition coefficient (Wildman–Crippen LogP) is 2.91. The Morgan fingerprint density at radius 2 is 1.88 bits per heavy atom. The van der Waals surface area contributed by atoms with Crippen LogP contribution < -0.4 is 11.1 Å². The third kappa shape index (κ3) is 3.39. The minimum absolute atomic E-state index is 0.220. The molecule has 0 amide bonds. The Labute approximate surface area is 110 Å². The third-order valence-corrected chi connectivity index (χ3v) is 6.10. The van der Waals surface area contributed by atoms with Crippen LogP contribution in [0.15, 0.2) is 0 Å². The molecule has 100 valence electrons. The normalized spacial score (nSPS) is 36.7. The molecule has 2 atom stereocenters. The van der Waals surface area contributed by atoms with Crippen molar-refractivity contribution >= 4 is 11.8 Å². The van der Waals surface area contributed by atoms with Crippen LogP contribution in [0.3, 0.4) is 0 Å². The van der Waals surface area contributed by atoms with Gasteiger partial charge in [-0.2, -0.15) is 11.8 Å². The molecule has 0 spiro atoms. The molecule has 1 aliphatic heterocycles. The van der Waals surface area contributed by atoms with E-state index in [1.807, 2.05) is 0 Å². The summed E-state index contributed by atoms with van der Waals surface area (Å²) in [6.07, 6.45) is 11.0. The van der Waals surface area contributed by atoms with Gasteiger partial charge in [0, 0.05) is 23.4 Å². The lowest BCUT2D eigenvalue weighted by Crippen LogP contribution is -2.61. The molecule has 2 rings (SSSR count). The highest BCUT2D eigenvalue weighted by molar-refractivity contribution is 8.00. The molecule has 1 saturated heterocycles. The molecular weight excluding hydrogens is 228 g/mol. The van der Waals surface area contributed by atoms with Crippen molar-refractivity contribution in [2.45, 2.75) is 75.1 Å². The van der Waals surface area contributed by atoms with Crippen molar-refractivity contribution in [1.82, 2.24) is 5.32 Å². The summed E-state index contributed by atoms with van der Waals surface area (Å²) in [6.45, 7) is 3.16. The number of hydrogen-bond acceptors (Lipinski definition) is 3. The second-order valence-electron chi connectivity index (χ2n) is 5.81. The van der Waals surface area contributed by atoms with E-state index in [-0.39, 0.29) is 5.54 Å². The molecule has 17 heavy (non-hydrogen) atoms. The number of nitrogens with two attached hydrogens (primary N) is 1. The first-order valence-corrected chi connectivity index (χ1v) is 8.41. The first-order chi connectivity index (χ1) is 8.27. The van der Waals surface area contributed by atoms with Gasteiger partial charge in [0.15, 0.2) is 0 Å². The molecule has 2 unspecified atom stereocenters. The second-order valence-corrected chi connectivity index (χ2v) is 7.26. The third-order valence-electron chi connectivity index (χ3n) is 4.62. The summed E-state index contributed by atoms with van der Waals surface area (Å²) in [6, 6.07) is 0.724. The summed E-state index contributed by atoms with van der Waals surface area (Å²) >= 11 is 2.10. The van der Waals surface area contributed by atoms with E-state index in [0.717, 1.165) is 12.6 Å². The van der Waals surface area contributed by atoms with Crippen molar-refractivity contribution < 1.29 is 0 Å². The fourth-order valence-electron chi connectivity index (χ4n) is 3.36. The van der Waals surface area contributed by atoms with Crippen LogP contribution in [0.4, 0.5) is 0 Å². The first-order valence-electron chi connectivity index (χ1n) is 7.36. The molecule has 0 bridgehead atoms. The van der Waals surface area contributed by atoms with Crippen LogP contribution in [0.5, 0.6) is 0 Å². The van der Waals surface area contributed by atoms with Crippen LogP contribution in [0.1, 0.15) is 58.3 Å². The topological polar surface area (TPSA) is 38.0 Å². The lowest BCUT2D eigenvalue weighted by molar-refractivity contribution is 0.250. The van der Waals surface area contributed by atoms with E-state index < -0.39 is 0 Å². The Hall–Kier alpha value is 0.270. The van der Waals surface area contributed by atoms with Crippen molar-refractivity contribution in [3.05, 3.63) is 0 Å². The molecule has 0 radical (unpaired) electrons. The summed E-state index contributed by atoms with van der Waals surface area (Å²) in [5.41, 5.74) is 6.33. The molecule has 1 heterocycles. The highest BCUT2D eigenvalue weighted by atomic mass is 32.2. The minimum atomic E-state index is 0.220. The minimum Gasteiger partial charge on any atom is -0.329 e. The Morgan fingerprint density at radius 3 is 2.47 bits per heavy atom. The average molecular weight is 256 g/mol. The molecule has 0 aromatic heterocycles. The zero-order valence-corrected chi connectivity index (χ0v) is 12.0. The van der Waals surface area contributed by atoms with E-state index in [4.69, 9.17) is 5.73 Å². The fraction of sp³-hybridized carbons (Fsp3) is 1.00. The molecule has 1 aliphatic carbocycles. The quantitative estimate of drug-likeness (QED) is 0.763. The van der Waals surface area contributed by atoms with Crippen LogP contribution >= 0.6 is 11.8 Å². The van der Waals surface area contributed by atoms with Gasteiger partial charge in [-0.3, -0.25) is 0 Å². The van der Waals surface area contributed by atoms with Crippen molar-refractivity contribution in [3.8, 4) is 0 Å². The summed E-state index contributed by atoms with van der Waals surface area (Å²) in [4.78, 5) is 0. The van der Waals surface area contributed by atoms with Gasteiger partial charge >= 0.3 is 0 Å². The molecule has 2 nitrogen and oxygen atoms in total. The van der Waals surface area contributed by atoms with Gasteiger partial charge in [-0.05, 0) is 31.4 Å². The van der Waals surface area contributed by atoms with Crippen LogP contribution in [0.25, 0.3) is 0 Å². The fourth-order valence-corrected chi connectivity index (χ4v) is 4.62. The molecule has 2 fully saturated rings. The average Bonchev–Trinajstić information content (AvgIpc) is 2.61. The molecule has 2 aliphatic rings. The maximum atomic E-state index is 6.11. The Bertz CT molecular complexity index is 226. The standard InChI is InChI=1S/C14H28N2S/c1-12-14(11-15,9-6-10-17-12)16-13-7-4-2-3-5-8-13/h12-13,16H,2-11,15H2,1H3. The van der Waals surface area contributed by atoms with Gasteiger partial charge in [-0.15, -0.1) is 0 Å². The van der Waals surface area contributed by atoms with Crippen molar-refractivity contribution in [2.75, 3.05) is 12.3 Å². The Kier molecular flexibility index (Phi) is 5.19. The zero-order valence-electron chi connectivity index (χ0n) is 11.2. The van der Waals surface area contributed by atoms with Crippen molar-refractivity contribution in [1.29, 1.82) is 0 Å². The van der Waals surface area contributed by atoms with Crippen LogP contribution in [-0.4, -0.2) is 29.1 Å². The zero-order chi connectivity index (χ0) is 12.1. The van der Waals surface area contributed by atoms with Gasteiger partial charge in [0.05, 0.1) is 0 Å². The molecule has 0 aromatic carbocycles. The lowest BCUT2D eigenvalue weighted by Gasteiger charge is -2.44. The van der Waals surface area contributed by atoms with Crippen LogP contribution in [0, 0.1) is 0 Å². The van der Waals surface area contributed by atoms with Gasteiger partial charge in [0.2, 0.25) is 0 Å². The van der Waals surface area contributed by atoms with Gasteiger partial charge in [-0.1, -0.05) is 32.6 Å². The largest absolute Gasteiger partial charge is 0.329 e. The number of hydrogen-bond donors (Lipinski definition) is 2. The van der Waals surface area contributed by atoms with E-state index >= 15 is 0 Å². The van der Waals surface area contributed by atoms with Gasteiger partial charge < -0.3 is 11.1 Å². The Balaban J connectivity index is 1.96. The maximum Gasteiger partial charge on any atom is 0.0423 e. The first kappa shape index (κ1) is 13.7. The maximum absolute atomic E-state index is 6.11. The summed E-state index contributed by atoms with van der Waals surface area (Å²) in [7, 11) is 0. The van der Waals surface area contributed by atoms with Crippen molar-refractivity contribution in [3.63, 3.8) is 0 Å². The SMILES string of the molecule is CC1SCCCC1(CN)NC1CCCCCC1. The molecule has 0 aromatic rings. The van der Waals surface area contributed by atoms with Gasteiger partial charge in [-0.25, -0.2) is 0 Å². The highest BCUT2D eigenvalue weighted by Crippen LogP contribution is 2.34. The van der Waals surface area contributed by atoms with E-state index in [2.05, 4.69) is 24.0 Å². The summed E-state index contributed by atoms with van der Waals surface area (Å²) < 4.78 is 0. The smallest absolute Gasteiger partial charge is 0.0423 e. The molecule has 3 N–H and O–H groups in total. The number of nitrogens with one attached hydrogen (secondary N) is 1. The number of rotatable bonds is 3. The van der Waals surface area contributed by atoms with Crippen LogP contribution in [-0.2, 0) is 0 Å². The molecule has 1 saturated carbocycles. The lowest BCUT2D eigenvalue weighted by atomic mass is 9.87. The monoisotopic (exact) mass is 256 g/mol. The molecule has 3 heteroatoms. The second kappa shape index (κ2) is 6.44. The number of thioether (sulfide) groups is 1. The molecular formula is C14H28N2S.